The van der Waals surface area contributed by atoms with E-state index in [4.69, 9.17) is 0 Å². The van der Waals surface area contributed by atoms with Crippen LogP contribution in [0, 0.1) is 5.41 Å². The van der Waals surface area contributed by atoms with Crippen molar-refractivity contribution in [3.05, 3.63) is 71.8 Å². The van der Waals surface area contributed by atoms with Gasteiger partial charge in [0.15, 0.2) is 0 Å². The Bertz CT molecular complexity index is 664. The number of hydrogen-bond donors (Lipinski definition) is 0. The van der Waals surface area contributed by atoms with E-state index in [0.29, 0.717) is 5.91 Å². The number of rotatable bonds is 3. The summed E-state index contributed by atoms with van der Waals surface area (Å²) in [6, 6.07) is 21.1. The first kappa shape index (κ1) is 14.5. The van der Waals surface area contributed by atoms with Crippen LogP contribution in [0.2, 0.25) is 0 Å². The van der Waals surface area contributed by atoms with Crippen molar-refractivity contribution in [2.75, 3.05) is 13.1 Å². The molecule has 1 saturated heterocycles. The number of benzene rings is 2. The Morgan fingerprint density at radius 2 is 1.35 bits per heavy atom. The zero-order valence-corrected chi connectivity index (χ0v) is 13.7. The molecule has 2 aromatic rings. The van der Waals surface area contributed by atoms with Crippen LogP contribution in [-0.4, -0.2) is 23.9 Å². The first-order valence-corrected chi connectivity index (χ1v) is 8.59. The van der Waals surface area contributed by atoms with E-state index in [-0.39, 0.29) is 10.8 Å². The molecule has 1 heterocycles. The third-order valence-electron chi connectivity index (χ3n) is 5.83. The first-order valence-electron chi connectivity index (χ1n) is 8.59. The van der Waals surface area contributed by atoms with E-state index < -0.39 is 0 Å². The highest BCUT2D eigenvalue weighted by Gasteiger charge is 2.70. The number of likely N-dealkylation sites (tertiary alicyclic amines) is 1. The minimum absolute atomic E-state index is 0.171. The van der Waals surface area contributed by atoms with Crippen LogP contribution in [0.15, 0.2) is 60.7 Å². The minimum Gasteiger partial charge on any atom is -0.342 e. The van der Waals surface area contributed by atoms with Crippen molar-refractivity contribution >= 4 is 5.91 Å². The molecule has 1 saturated carbocycles. The van der Waals surface area contributed by atoms with Gasteiger partial charge in [0, 0.05) is 18.5 Å². The van der Waals surface area contributed by atoms with Gasteiger partial charge in [-0.3, -0.25) is 4.79 Å². The number of nitrogens with zero attached hydrogens (tertiary/aromatic N) is 1. The molecule has 0 N–H and O–H groups in total. The van der Waals surface area contributed by atoms with Gasteiger partial charge in [0.25, 0.3) is 0 Å². The van der Waals surface area contributed by atoms with Crippen LogP contribution in [0.1, 0.15) is 37.3 Å². The van der Waals surface area contributed by atoms with E-state index in [1.165, 1.54) is 11.1 Å². The molecule has 2 fully saturated rings. The average molecular weight is 305 g/mol. The summed E-state index contributed by atoms with van der Waals surface area (Å²) < 4.78 is 0. The molecular formula is C21H23NO. The predicted octanol–water partition coefficient (Wildman–Crippen LogP) is 4.01. The first-order chi connectivity index (χ1) is 11.2. The fourth-order valence-corrected chi connectivity index (χ4v) is 4.47. The monoisotopic (exact) mass is 305 g/mol. The number of carbonyl (C=O) groups is 1. The summed E-state index contributed by atoms with van der Waals surface area (Å²) in [5.41, 5.74) is 2.04. The lowest BCUT2D eigenvalue weighted by Gasteiger charge is -2.27. The van der Waals surface area contributed by atoms with Crippen LogP contribution >= 0.6 is 0 Å². The van der Waals surface area contributed by atoms with E-state index in [1.807, 2.05) is 12.1 Å². The highest BCUT2D eigenvalue weighted by Crippen LogP contribution is 2.68. The number of hydrogen-bond acceptors (Lipinski definition) is 1. The van der Waals surface area contributed by atoms with E-state index in [1.54, 1.807) is 0 Å². The molecule has 2 nitrogen and oxygen atoms in total. The van der Waals surface area contributed by atoms with Gasteiger partial charge in [-0.2, -0.15) is 0 Å². The van der Waals surface area contributed by atoms with Gasteiger partial charge in [-0.1, -0.05) is 60.7 Å². The standard InChI is InChI=1S/C21H23NO/c1-20(19(23)22-14-8-9-15-22)16-21(20,17-10-4-2-5-11-17)18-12-6-3-7-13-18/h2-7,10-13H,8-9,14-16H2,1H3. The molecular weight excluding hydrogens is 282 g/mol. The molecule has 4 rings (SSSR count). The fraction of sp³-hybridized carbons (Fsp3) is 0.381. The summed E-state index contributed by atoms with van der Waals surface area (Å²) >= 11 is 0. The smallest absolute Gasteiger partial charge is 0.229 e. The molecule has 2 heteroatoms. The molecule has 2 aromatic carbocycles. The third kappa shape index (κ3) is 2.04. The lowest BCUT2D eigenvalue weighted by atomic mass is 9.80. The van der Waals surface area contributed by atoms with Crippen molar-refractivity contribution in [3.8, 4) is 0 Å². The highest BCUT2D eigenvalue weighted by atomic mass is 16.2. The van der Waals surface area contributed by atoms with Crippen molar-refractivity contribution in [2.24, 2.45) is 5.41 Å². The van der Waals surface area contributed by atoms with Crippen LogP contribution in [-0.2, 0) is 10.2 Å². The highest BCUT2D eigenvalue weighted by molar-refractivity contribution is 5.90. The number of carbonyl (C=O) groups excluding carboxylic acids is 1. The normalized spacial score (nSPS) is 25.3. The van der Waals surface area contributed by atoms with E-state index in [9.17, 15) is 4.79 Å². The van der Waals surface area contributed by atoms with Crippen LogP contribution in [0.5, 0.6) is 0 Å². The predicted molar refractivity (Wildman–Crippen MR) is 92.2 cm³/mol. The molecule has 0 spiro atoms. The minimum atomic E-state index is -0.319. The van der Waals surface area contributed by atoms with Crippen LogP contribution in [0.4, 0.5) is 0 Å². The average Bonchev–Trinajstić information content (AvgIpc) is 2.98. The van der Waals surface area contributed by atoms with E-state index in [0.717, 1.165) is 32.4 Å². The van der Waals surface area contributed by atoms with Crippen LogP contribution in [0.3, 0.4) is 0 Å². The SMILES string of the molecule is CC1(C(=O)N2CCCC2)CC1(c1ccccc1)c1ccccc1. The van der Waals surface area contributed by atoms with Crippen molar-refractivity contribution in [1.29, 1.82) is 0 Å². The molecule has 1 unspecified atom stereocenters. The van der Waals surface area contributed by atoms with E-state index in [2.05, 4.69) is 60.4 Å². The Hall–Kier alpha value is -2.09. The summed E-state index contributed by atoms with van der Waals surface area (Å²) in [4.78, 5) is 15.3. The van der Waals surface area contributed by atoms with E-state index >= 15 is 0 Å². The second-order valence-corrected chi connectivity index (χ2v) is 7.15. The van der Waals surface area contributed by atoms with Gasteiger partial charge in [0.05, 0.1) is 5.41 Å². The van der Waals surface area contributed by atoms with Gasteiger partial charge in [0.1, 0.15) is 0 Å². The second kappa shape index (κ2) is 5.23. The molecule has 0 radical (unpaired) electrons. The topological polar surface area (TPSA) is 20.3 Å². The molecule has 1 atom stereocenters. The molecule has 1 aliphatic carbocycles. The number of amides is 1. The molecule has 2 aliphatic rings. The Labute approximate surface area is 138 Å². The zero-order chi connectivity index (χ0) is 15.9. The van der Waals surface area contributed by atoms with Gasteiger partial charge in [-0.15, -0.1) is 0 Å². The van der Waals surface area contributed by atoms with Crippen molar-refractivity contribution in [1.82, 2.24) is 4.90 Å². The molecule has 0 aromatic heterocycles. The van der Waals surface area contributed by atoms with Crippen LogP contribution in [0.25, 0.3) is 0 Å². The molecule has 1 amide bonds. The Balaban J connectivity index is 1.79. The van der Waals surface area contributed by atoms with Crippen molar-refractivity contribution in [3.63, 3.8) is 0 Å². The second-order valence-electron chi connectivity index (χ2n) is 7.15. The summed E-state index contributed by atoms with van der Waals surface area (Å²) in [5, 5.41) is 0. The maximum atomic E-state index is 13.2. The Kier molecular flexibility index (Phi) is 3.29. The molecule has 1 aliphatic heterocycles. The molecule has 23 heavy (non-hydrogen) atoms. The Morgan fingerprint density at radius 1 is 0.870 bits per heavy atom. The summed E-state index contributed by atoms with van der Waals surface area (Å²) in [5.74, 6) is 0.336. The lowest BCUT2D eigenvalue weighted by molar-refractivity contribution is -0.135. The van der Waals surface area contributed by atoms with Gasteiger partial charge in [-0.05, 0) is 37.3 Å². The third-order valence-corrected chi connectivity index (χ3v) is 5.83. The quantitative estimate of drug-likeness (QED) is 0.839. The summed E-state index contributed by atoms with van der Waals surface area (Å²) in [7, 11) is 0. The summed E-state index contributed by atoms with van der Waals surface area (Å²) in [6.45, 7) is 4.01. The largest absolute Gasteiger partial charge is 0.342 e. The fourth-order valence-electron chi connectivity index (χ4n) is 4.47. The zero-order valence-electron chi connectivity index (χ0n) is 13.7. The maximum absolute atomic E-state index is 13.2. The summed E-state index contributed by atoms with van der Waals surface area (Å²) in [6.07, 6.45) is 3.19. The van der Waals surface area contributed by atoms with Gasteiger partial charge < -0.3 is 4.90 Å². The van der Waals surface area contributed by atoms with Gasteiger partial charge in [0.2, 0.25) is 5.91 Å². The van der Waals surface area contributed by atoms with Gasteiger partial charge >= 0.3 is 0 Å². The van der Waals surface area contributed by atoms with Crippen molar-refractivity contribution < 1.29 is 4.79 Å². The van der Waals surface area contributed by atoms with Crippen LogP contribution < -0.4 is 0 Å². The molecule has 118 valence electrons. The Morgan fingerprint density at radius 3 is 1.83 bits per heavy atom. The van der Waals surface area contributed by atoms with Gasteiger partial charge in [-0.25, -0.2) is 0 Å². The molecule has 0 bridgehead atoms. The lowest BCUT2D eigenvalue weighted by Crippen LogP contribution is -2.38. The maximum Gasteiger partial charge on any atom is 0.229 e. The van der Waals surface area contributed by atoms with Crippen molar-refractivity contribution in [2.45, 2.75) is 31.6 Å².